The molecule has 1 aliphatic rings. The van der Waals surface area contributed by atoms with Gasteiger partial charge in [-0.05, 0) is 43.0 Å². The first-order chi connectivity index (χ1) is 14.8. The summed E-state index contributed by atoms with van der Waals surface area (Å²) in [7, 11) is -3.71. The van der Waals surface area contributed by atoms with E-state index in [9.17, 15) is 13.2 Å². The Balaban J connectivity index is 1.79. The largest absolute Gasteiger partial charge is 0.320 e. The van der Waals surface area contributed by atoms with E-state index in [1.807, 2.05) is 31.2 Å². The van der Waals surface area contributed by atoms with Gasteiger partial charge in [-0.25, -0.2) is 13.4 Å². The van der Waals surface area contributed by atoms with Crippen LogP contribution in [-0.2, 0) is 16.6 Å². The second-order valence-electron chi connectivity index (χ2n) is 8.17. The highest BCUT2D eigenvalue weighted by Crippen LogP contribution is 2.32. The lowest BCUT2D eigenvalue weighted by atomic mass is 10.1. The highest BCUT2D eigenvalue weighted by Gasteiger charge is 2.34. The van der Waals surface area contributed by atoms with Crippen molar-refractivity contribution >= 4 is 21.6 Å². The fourth-order valence-electron chi connectivity index (χ4n) is 3.68. The van der Waals surface area contributed by atoms with Crippen molar-refractivity contribution < 1.29 is 13.2 Å². The number of carbonyl (C=O) groups is 1. The van der Waals surface area contributed by atoms with E-state index in [1.165, 1.54) is 10.6 Å². The average Bonchev–Trinajstić information content (AvgIpc) is 3.12. The number of sulfonamides is 1. The van der Waals surface area contributed by atoms with E-state index in [-0.39, 0.29) is 23.0 Å². The van der Waals surface area contributed by atoms with Crippen LogP contribution >= 0.6 is 0 Å². The summed E-state index contributed by atoms with van der Waals surface area (Å²) in [6.07, 6.45) is 2.25. The van der Waals surface area contributed by atoms with Gasteiger partial charge in [0.05, 0.1) is 17.9 Å². The number of fused-ring (bicyclic) bond motifs is 3. The first-order valence-corrected chi connectivity index (χ1v) is 11.8. The molecule has 1 aliphatic heterocycles. The lowest BCUT2D eigenvalue weighted by molar-refractivity contribution is 0.102. The van der Waals surface area contributed by atoms with Gasteiger partial charge >= 0.3 is 0 Å². The fourth-order valence-corrected chi connectivity index (χ4v) is 5.28. The van der Waals surface area contributed by atoms with Crippen molar-refractivity contribution in [3.05, 3.63) is 71.8 Å². The van der Waals surface area contributed by atoms with Crippen LogP contribution in [-0.4, -0.2) is 34.7 Å². The SMILES string of the molecule is Cc1ccccc1NC(=O)c1ncn2c1CN(CCC(C)C)S(=O)(=O)c1ccccc1-2. The minimum absolute atomic E-state index is 0.0836. The Kier molecular flexibility index (Phi) is 5.68. The lowest BCUT2D eigenvalue weighted by Gasteiger charge is -2.21. The summed E-state index contributed by atoms with van der Waals surface area (Å²) in [6, 6.07) is 14.4. The van der Waals surface area contributed by atoms with Gasteiger partial charge in [-0.1, -0.05) is 44.2 Å². The van der Waals surface area contributed by atoms with Crippen molar-refractivity contribution in [3.63, 3.8) is 0 Å². The zero-order chi connectivity index (χ0) is 22.2. The molecule has 4 rings (SSSR count). The van der Waals surface area contributed by atoms with Crippen LogP contribution in [0.15, 0.2) is 59.8 Å². The van der Waals surface area contributed by atoms with Crippen LogP contribution in [0.2, 0.25) is 0 Å². The molecule has 0 atom stereocenters. The number of aromatic nitrogens is 2. The van der Waals surface area contributed by atoms with Gasteiger partial charge in [0.1, 0.15) is 11.2 Å². The summed E-state index contributed by atoms with van der Waals surface area (Å²) < 4.78 is 30.0. The summed E-state index contributed by atoms with van der Waals surface area (Å²) in [6.45, 7) is 6.49. The Morgan fingerprint density at radius 3 is 2.58 bits per heavy atom. The van der Waals surface area contributed by atoms with Crippen LogP contribution in [0, 0.1) is 12.8 Å². The molecule has 8 heteroatoms. The molecule has 0 unspecified atom stereocenters. The number of amides is 1. The third-order valence-electron chi connectivity index (χ3n) is 5.50. The predicted octanol–water partition coefficient (Wildman–Crippen LogP) is 3.98. The third kappa shape index (κ3) is 4.00. The second-order valence-corrected chi connectivity index (χ2v) is 10.1. The van der Waals surface area contributed by atoms with Gasteiger partial charge in [0.15, 0.2) is 5.69 Å². The van der Waals surface area contributed by atoms with Gasteiger partial charge in [-0.15, -0.1) is 0 Å². The molecular formula is C23H26N4O3S. The monoisotopic (exact) mass is 438 g/mol. The number of nitrogens with one attached hydrogen (secondary N) is 1. The van der Waals surface area contributed by atoms with E-state index in [1.54, 1.807) is 28.8 Å². The van der Waals surface area contributed by atoms with E-state index < -0.39 is 10.0 Å². The Morgan fingerprint density at radius 1 is 1.13 bits per heavy atom. The predicted molar refractivity (Wildman–Crippen MR) is 120 cm³/mol. The van der Waals surface area contributed by atoms with Crippen molar-refractivity contribution in [2.45, 2.75) is 38.6 Å². The molecule has 2 aromatic carbocycles. The number of para-hydroxylation sites is 2. The van der Waals surface area contributed by atoms with E-state index >= 15 is 0 Å². The number of anilines is 1. The number of aryl methyl sites for hydroxylation is 1. The maximum atomic E-state index is 13.4. The van der Waals surface area contributed by atoms with Crippen LogP contribution in [0.5, 0.6) is 0 Å². The number of benzene rings is 2. The van der Waals surface area contributed by atoms with Crippen LogP contribution in [0.1, 0.15) is 42.0 Å². The molecule has 0 aliphatic carbocycles. The topological polar surface area (TPSA) is 84.3 Å². The molecule has 0 saturated heterocycles. The summed E-state index contributed by atoms with van der Waals surface area (Å²) in [4.78, 5) is 17.7. The van der Waals surface area contributed by atoms with Gasteiger partial charge < -0.3 is 5.32 Å². The van der Waals surface area contributed by atoms with Crippen LogP contribution in [0.3, 0.4) is 0 Å². The molecule has 1 amide bonds. The molecule has 0 radical (unpaired) electrons. The molecule has 1 N–H and O–H groups in total. The van der Waals surface area contributed by atoms with Crippen LogP contribution < -0.4 is 5.32 Å². The second kappa shape index (κ2) is 8.28. The molecule has 0 bridgehead atoms. The summed E-state index contributed by atoms with van der Waals surface area (Å²) in [5, 5.41) is 2.91. The van der Waals surface area contributed by atoms with Crippen molar-refractivity contribution in [1.29, 1.82) is 0 Å². The van der Waals surface area contributed by atoms with Gasteiger partial charge in [0, 0.05) is 12.2 Å². The number of nitrogens with zero attached hydrogens (tertiary/aromatic N) is 3. The van der Waals surface area contributed by atoms with E-state index in [0.717, 1.165) is 12.0 Å². The quantitative estimate of drug-likeness (QED) is 0.653. The molecule has 1 aromatic heterocycles. The number of carbonyl (C=O) groups excluding carboxylic acids is 1. The normalized spacial score (nSPS) is 15.2. The molecule has 31 heavy (non-hydrogen) atoms. The van der Waals surface area contributed by atoms with Crippen LogP contribution in [0.25, 0.3) is 5.69 Å². The van der Waals surface area contributed by atoms with Crippen LogP contribution in [0.4, 0.5) is 5.69 Å². The Bertz CT molecular complexity index is 1230. The smallest absolute Gasteiger partial charge is 0.276 e. The first kappa shape index (κ1) is 21.3. The zero-order valence-electron chi connectivity index (χ0n) is 17.9. The summed E-state index contributed by atoms with van der Waals surface area (Å²) in [5.41, 5.74) is 2.93. The van der Waals surface area contributed by atoms with Crippen molar-refractivity contribution in [1.82, 2.24) is 13.9 Å². The van der Waals surface area contributed by atoms with Gasteiger partial charge in [0.25, 0.3) is 5.91 Å². The molecule has 0 spiro atoms. The van der Waals surface area contributed by atoms with E-state index in [2.05, 4.69) is 24.1 Å². The highest BCUT2D eigenvalue weighted by molar-refractivity contribution is 7.89. The minimum Gasteiger partial charge on any atom is -0.320 e. The Hall–Kier alpha value is -2.97. The number of hydrogen-bond donors (Lipinski definition) is 1. The van der Waals surface area contributed by atoms with Gasteiger partial charge in [-0.3, -0.25) is 9.36 Å². The molecule has 3 aromatic rings. The van der Waals surface area contributed by atoms with Gasteiger partial charge in [-0.2, -0.15) is 4.31 Å². The highest BCUT2D eigenvalue weighted by atomic mass is 32.2. The molecule has 7 nitrogen and oxygen atoms in total. The Morgan fingerprint density at radius 2 is 1.84 bits per heavy atom. The maximum Gasteiger partial charge on any atom is 0.276 e. The Labute approximate surface area is 182 Å². The summed E-state index contributed by atoms with van der Waals surface area (Å²) >= 11 is 0. The molecule has 2 heterocycles. The molecule has 162 valence electrons. The molecule has 0 fully saturated rings. The molecule has 0 saturated carbocycles. The van der Waals surface area contributed by atoms with Crippen molar-refractivity contribution in [2.24, 2.45) is 5.92 Å². The van der Waals surface area contributed by atoms with E-state index in [4.69, 9.17) is 0 Å². The van der Waals surface area contributed by atoms with E-state index in [0.29, 0.717) is 29.5 Å². The fraction of sp³-hybridized carbons (Fsp3) is 0.304. The third-order valence-corrected chi connectivity index (χ3v) is 7.39. The zero-order valence-corrected chi connectivity index (χ0v) is 18.7. The van der Waals surface area contributed by atoms with Gasteiger partial charge in [0.2, 0.25) is 10.0 Å². The molecular weight excluding hydrogens is 412 g/mol. The van der Waals surface area contributed by atoms with Crippen molar-refractivity contribution in [3.8, 4) is 5.69 Å². The number of hydrogen-bond acceptors (Lipinski definition) is 4. The maximum absolute atomic E-state index is 13.4. The summed E-state index contributed by atoms with van der Waals surface area (Å²) in [5.74, 6) is -0.00827. The standard InChI is InChI=1S/C23H26N4O3S/c1-16(2)12-13-26-14-20-22(23(28)25-18-9-5-4-8-17(18)3)24-15-27(20)19-10-6-7-11-21(19)31(26,29)30/h4-11,15-16H,12-14H2,1-3H3,(H,25,28). The lowest BCUT2D eigenvalue weighted by Crippen LogP contribution is -2.32. The number of rotatable bonds is 5. The number of imidazole rings is 1. The first-order valence-electron chi connectivity index (χ1n) is 10.3. The minimum atomic E-state index is -3.71. The average molecular weight is 439 g/mol. The van der Waals surface area contributed by atoms with Crippen molar-refractivity contribution in [2.75, 3.05) is 11.9 Å².